The van der Waals surface area contributed by atoms with Crippen LogP contribution < -0.4 is 26.6 Å². The van der Waals surface area contributed by atoms with Crippen LogP contribution in [0.4, 0.5) is 5.69 Å². The van der Waals surface area contributed by atoms with Crippen molar-refractivity contribution in [3.05, 3.63) is 42.0 Å². The van der Waals surface area contributed by atoms with Gasteiger partial charge in [0.2, 0.25) is 29.5 Å². The van der Waals surface area contributed by atoms with Gasteiger partial charge >= 0.3 is 5.97 Å². The summed E-state index contributed by atoms with van der Waals surface area (Å²) >= 11 is 0. The van der Waals surface area contributed by atoms with Gasteiger partial charge in [0.05, 0.1) is 33.0 Å². The molecule has 5 N–H and O–H groups in total. The second-order valence-electron chi connectivity index (χ2n) is 13.1. The highest BCUT2D eigenvalue weighted by molar-refractivity contribution is 6.13. The largest absolute Gasteiger partial charge is 0.461 e. The first-order chi connectivity index (χ1) is 26.8. The van der Waals surface area contributed by atoms with Gasteiger partial charge in [0.1, 0.15) is 18.7 Å². The normalized spacial score (nSPS) is 13.3. The molecule has 1 aliphatic heterocycles. The fourth-order valence-corrected chi connectivity index (χ4v) is 5.09. The predicted octanol–water partition coefficient (Wildman–Crippen LogP) is 0.491. The lowest BCUT2D eigenvalue weighted by molar-refractivity contribution is -0.142. The SMILES string of the molecule is COCCOCCC(=O)NCCCC[C@@H](NC(=O)[C@@H](NC(=O)CCOCCNC(=O)CCN1C(=O)C=CC1=O)C(C)C)C(=O)Nc1ccc(COC(C)=O)cc1. The highest BCUT2D eigenvalue weighted by Gasteiger charge is 2.29. The van der Waals surface area contributed by atoms with Crippen LogP contribution in [-0.2, 0) is 63.9 Å². The number of hydrogen-bond acceptors (Lipinski definition) is 12. The highest BCUT2D eigenvalue weighted by Crippen LogP contribution is 2.13. The Morgan fingerprint density at radius 1 is 0.714 bits per heavy atom. The molecule has 56 heavy (non-hydrogen) atoms. The van der Waals surface area contributed by atoms with Gasteiger partial charge < -0.3 is 45.5 Å². The summed E-state index contributed by atoms with van der Waals surface area (Å²) in [6.45, 7) is 6.61. The highest BCUT2D eigenvalue weighted by atomic mass is 16.5. The maximum atomic E-state index is 13.5. The van der Waals surface area contributed by atoms with Crippen LogP contribution in [0.25, 0.3) is 0 Å². The summed E-state index contributed by atoms with van der Waals surface area (Å²) in [7, 11) is 1.56. The fourth-order valence-electron chi connectivity index (χ4n) is 5.09. The zero-order valence-corrected chi connectivity index (χ0v) is 32.6. The molecule has 0 saturated heterocycles. The molecule has 1 aromatic carbocycles. The van der Waals surface area contributed by atoms with Gasteiger partial charge in [-0.3, -0.25) is 43.3 Å². The molecule has 0 fully saturated rings. The molecule has 18 heteroatoms. The Morgan fingerprint density at radius 3 is 1.98 bits per heavy atom. The Bertz CT molecular complexity index is 1480. The first-order valence-electron chi connectivity index (χ1n) is 18.6. The van der Waals surface area contributed by atoms with Crippen molar-refractivity contribution >= 4 is 53.0 Å². The summed E-state index contributed by atoms with van der Waals surface area (Å²) in [5, 5.41) is 13.7. The first-order valence-corrected chi connectivity index (χ1v) is 18.6. The standard InChI is InChI=1S/C38H56N6O12/c1-26(2)36(43-33(48)16-21-54-22-18-40-31(46)14-19-44-34(49)12-13-35(44)50)38(52)42-30(7-5-6-17-39-32(47)15-20-55-24-23-53-4)37(51)41-29-10-8-28(9-11-29)25-56-27(3)45/h8-13,26,30,36H,5-7,14-25H2,1-4H3,(H,39,47)(H,40,46)(H,41,51)(H,42,52)(H,43,48)/t30-,36+/m1/s1. The molecule has 0 bridgehead atoms. The predicted molar refractivity (Wildman–Crippen MR) is 202 cm³/mol. The number of imide groups is 1. The molecule has 0 aliphatic carbocycles. The number of rotatable bonds is 28. The number of anilines is 1. The van der Waals surface area contributed by atoms with Gasteiger partial charge in [-0.2, -0.15) is 0 Å². The summed E-state index contributed by atoms with van der Waals surface area (Å²) in [6.07, 6.45) is 3.63. The molecule has 1 aromatic rings. The number of hydrogen-bond donors (Lipinski definition) is 5. The molecule has 1 aliphatic rings. The fraction of sp³-hybridized carbons (Fsp3) is 0.579. The molecule has 1 heterocycles. The van der Waals surface area contributed by atoms with Crippen LogP contribution in [0.1, 0.15) is 64.9 Å². The first kappa shape index (κ1) is 47.0. The summed E-state index contributed by atoms with van der Waals surface area (Å²) < 4.78 is 20.7. The van der Waals surface area contributed by atoms with E-state index >= 15 is 0 Å². The topological polar surface area (TPSA) is 237 Å². The lowest BCUT2D eigenvalue weighted by Gasteiger charge is -2.25. The Hall–Kier alpha value is -5.20. The third-order valence-electron chi connectivity index (χ3n) is 8.21. The maximum absolute atomic E-state index is 13.5. The van der Waals surface area contributed by atoms with Gasteiger partial charge in [-0.05, 0) is 42.9 Å². The van der Waals surface area contributed by atoms with E-state index in [9.17, 15) is 38.4 Å². The number of benzene rings is 1. The van der Waals surface area contributed by atoms with E-state index < -0.39 is 47.6 Å². The van der Waals surface area contributed by atoms with E-state index in [4.69, 9.17) is 18.9 Å². The Balaban J connectivity index is 1.87. The summed E-state index contributed by atoms with van der Waals surface area (Å²) in [5.74, 6) is -3.70. The van der Waals surface area contributed by atoms with Crippen molar-refractivity contribution < 1.29 is 57.3 Å². The number of unbranched alkanes of at least 4 members (excludes halogenated alkanes) is 1. The van der Waals surface area contributed by atoms with E-state index in [1.807, 2.05) is 0 Å². The van der Waals surface area contributed by atoms with Crippen LogP contribution in [0, 0.1) is 5.92 Å². The van der Waals surface area contributed by atoms with Crippen molar-refractivity contribution in [2.75, 3.05) is 65.1 Å². The minimum atomic E-state index is -0.974. The third-order valence-corrected chi connectivity index (χ3v) is 8.21. The summed E-state index contributed by atoms with van der Waals surface area (Å²) in [4.78, 5) is 99.2. The van der Waals surface area contributed by atoms with E-state index in [0.717, 1.165) is 22.6 Å². The van der Waals surface area contributed by atoms with Gasteiger partial charge in [-0.15, -0.1) is 0 Å². The Morgan fingerprint density at radius 2 is 1.34 bits per heavy atom. The van der Waals surface area contributed by atoms with Crippen LogP contribution in [-0.4, -0.2) is 124 Å². The van der Waals surface area contributed by atoms with E-state index in [-0.39, 0.29) is 82.9 Å². The average Bonchev–Trinajstić information content (AvgIpc) is 3.48. The van der Waals surface area contributed by atoms with Crippen LogP contribution in [0.2, 0.25) is 0 Å². The summed E-state index contributed by atoms with van der Waals surface area (Å²) in [6, 6.07) is 4.76. The molecule has 0 saturated carbocycles. The lowest BCUT2D eigenvalue weighted by atomic mass is 10.0. The van der Waals surface area contributed by atoms with E-state index in [1.165, 1.54) is 6.92 Å². The van der Waals surface area contributed by atoms with Crippen LogP contribution in [0.15, 0.2) is 36.4 Å². The molecule has 0 radical (unpaired) electrons. The summed E-state index contributed by atoms with van der Waals surface area (Å²) in [5.41, 5.74) is 1.18. The molecular weight excluding hydrogens is 732 g/mol. The average molecular weight is 789 g/mol. The van der Waals surface area contributed by atoms with E-state index in [1.54, 1.807) is 45.2 Å². The molecule has 310 valence electrons. The quantitative estimate of drug-likeness (QED) is 0.0444. The van der Waals surface area contributed by atoms with Gasteiger partial charge in [-0.25, -0.2) is 0 Å². The maximum Gasteiger partial charge on any atom is 0.302 e. The minimum absolute atomic E-state index is 0.0126. The van der Waals surface area contributed by atoms with Crippen LogP contribution in [0.3, 0.4) is 0 Å². The molecule has 0 aromatic heterocycles. The molecule has 2 atom stereocenters. The van der Waals surface area contributed by atoms with E-state index in [0.29, 0.717) is 38.3 Å². The zero-order valence-electron chi connectivity index (χ0n) is 32.6. The monoisotopic (exact) mass is 788 g/mol. The lowest BCUT2D eigenvalue weighted by Crippen LogP contribution is -2.54. The second-order valence-corrected chi connectivity index (χ2v) is 13.1. The van der Waals surface area contributed by atoms with Crippen LogP contribution >= 0.6 is 0 Å². The number of esters is 1. The molecule has 2 rings (SSSR count). The smallest absolute Gasteiger partial charge is 0.302 e. The number of nitrogens with zero attached hydrogens (tertiary/aromatic N) is 1. The van der Waals surface area contributed by atoms with Crippen molar-refractivity contribution in [3.8, 4) is 0 Å². The third kappa shape index (κ3) is 19.4. The van der Waals surface area contributed by atoms with Gasteiger partial charge in [0.15, 0.2) is 0 Å². The van der Waals surface area contributed by atoms with Crippen LogP contribution in [0.5, 0.6) is 0 Å². The number of ether oxygens (including phenoxy) is 4. The Labute approximate surface area is 327 Å². The number of carbonyl (C=O) groups is 8. The molecule has 0 spiro atoms. The van der Waals surface area contributed by atoms with Gasteiger partial charge in [-0.1, -0.05) is 26.0 Å². The number of methoxy groups -OCH3 is 1. The minimum Gasteiger partial charge on any atom is -0.461 e. The zero-order chi connectivity index (χ0) is 41.3. The molecule has 18 nitrogen and oxygen atoms in total. The Kier molecular flexibility index (Phi) is 22.3. The number of amides is 7. The molecule has 0 unspecified atom stereocenters. The molecule has 7 amide bonds. The molecular formula is C38H56N6O12. The number of carbonyl (C=O) groups excluding carboxylic acids is 8. The van der Waals surface area contributed by atoms with Crippen molar-refractivity contribution in [3.63, 3.8) is 0 Å². The van der Waals surface area contributed by atoms with Crippen molar-refractivity contribution in [1.29, 1.82) is 0 Å². The van der Waals surface area contributed by atoms with Crippen molar-refractivity contribution in [2.24, 2.45) is 5.92 Å². The van der Waals surface area contributed by atoms with Crippen molar-refractivity contribution in [2.45, 2.75) is 78.0 Å². The van der Waals surface area contributed by atoms with Gasteiger partial charge in [0.25, 0.3) is 11.8 Å². The number of nitrogens with one attached hydrogen (secondary N) is 5. The van der Waals surface area contributed by atoms with Crippen molar-refractivity contribution in [1.82, 2.24) is 26.2 Å². The van der Waals surface area contributed by atoms with Gasteiger partial charge in [0, 0.05) is 70.8 Å². The second kappa shape index (κ2) is 26.6. The van der Waals surface area contributed by atoms with E-state index in [2.05, 4.69) is 26.6 Å².